The molecule has 0 bridgehead atoms. The van der Waals surface area contributed by atoms with Gasteiger partial charge in [-0.2, -0.15) is 5.10 Å². The molecule has 0 unspecified atom stereocenters. The predicted molar refractivity (Wildman–Crippen MR) is 78.4 cm³/mol. The molecule has 0 saturated carbocycles. The third-order valence-electron chi connectivity index (χ3n) is 2.58. The number of aromatic nitrogens is 2. The third kappa shape index (κ3) is 3.82. The highest BCUT2D eigenvalue weighted by molar-refractivity contribution is 7.92. The van der Waals surface area contributed by atoms with Crippen molar-refractivity contribution in [2.24, 2.45) is 0 Å². The minimum atomic E-state index is -3.71. The molecule has 1 amide bonds. The lowest BCUT2D eigenvalue weighted by molar-refractivity contribution is 0.0943. The summed E-state index contributed by atoms with van der Waals surface area (Å²) >= 11 is 0. The number of hydrogen-bond acceptors (Lipinski definition) is 4. The summed E-state index contributed by atoms with van der Waals surface area (Å²) in [7, 11) is -3.71. The molecule has 112 valence electrons. The second kappa shape index (κ2) is 5.96. The lowest BCUT2D eigenvalue weighted by atomic mass is 10.2. The lowest BCUT2D eigenvalue weighted by Crippen LogP contribution is -2.30. The monoisotopic (exact) mass is 308 g/mol. The number of nitrogens with one attached hydrogen (secondary N) is 3. The first-order chi connectivity index (χ1) is 9.88. The van der Waals surface area contributed by atoms with Crippen LogP contribution in [0.25, 0.3) is 0 Å². The van der Waals surface area contributed by atoms with Gasteiger partial charge in [0, 0.05) is 23.5 Å². The van der Waals surface area contributed by atoms with Gasteiger partial charge in [-0.05, 0) is 32.0 Å². The number of carbonyl (C=O) groups is 1. The Bertz CT molecular complexity index is 724. The van der Waals surface area contributed by atoms with Gasteiger partial charge in [0.15, 0.2) is 0 Å². The molecule has 1 heterocycles. The van der Waals surface area contributed by atoms with Gasteiger partial charge in [0.05, 0.1) is 6.20 Å². The van der Waals surface area contributed by atoms with Crippen LogP contribution in [0.2, 0.25) is 0 Å². The van der Waals surface area contributed by atoms with E-state index in [1.807, 2.05) is 13.8 Å². The van der Waals surface area contributed by atoms with Gasteiger partial charge < -0.3 is 5.32 Å². The Hall–Kier alpha value is -2.35. The van der Waals surface area contributed by atoms with Gasteiger partial charge in [-0.1, -0.05) is 6.07 Å². The van der Waals surface area contributed by atoms with Crippen molar-refractivity contribution < 1.29 is 13.2 Å². The van der Waals surface area contributed by atoms with E-state index < -0.39 is 10.0 Å². The SMILES string of the molecule is CC(C)NC(=O)c1cccc(NS(=O)(=O)c2cn[nH]c2)c1. The molecule has 1 aromatic heterocycles. The number of H-pyrrole nitrogens is 1. The van der Waals surface area contributed by atoms with Crippen LogP contribution in [0, 0.1) is 0 Å². The first kappa shape index (κ1) is 15.0. The summed E-state index contributed by atoms with van der Waals surface area (Å²) in [5.41, 5.74) is 0.698. The number of aromatic amines is 1. The van der Waals surface area contributed by atoms with Crippen LogP contribution in [-0.4, -0.2) is 30.6 Å². The Morgan fingerprint density at radius 2 is 2.10 bits per heavy atom. The summed E-state index contributed by atoms with van der Waals surface area (Å²) in [6, 6.07) is 6.29. The van der Waals surface area contributed by atoms with Gasteiger partial charge >= 0.3 is 0 Å². The van der Waals surface area contributed by atoms with Crippen molar-refractivity contribution in [2.45, 2.75) is 24.8 Å². The van der Waals surface area contributed by atoms with Crippen LogP contribution >= 0.6 is 0 Å². The number of amides is 1. The number of anilines is 1. The van der Waals surface area contributed by atoms with Gasteiger partial charge in [0.25, 0.3) is 15.9 Å². The maximum atomic E-state index is 12.0. The zero-order chi connectivity index (χ0) is 15.5. The van der Waals surface area contributed by atoms with Crippen LogP contribution in [0.1, 0.15) is 24.2 Å². The summed E-state index contributed by atoms with van der Waals surface area (Å²) in [5, 5.41) is 8.79. The molecular weight excluding hydrogens is 292 g/mol. The molecule has 3 N–H and O–H groups in total. The zero-order valence-electron chi connectivity index (χ0n) is 11.6. The molecular formula is C13H16N4O3S. The standard InChI is InChI=1S/C13H16N4O3S/c1-9(2)16-13(18)10-4-3-5-11(6-10)17-21(19,20)12-7-14-15-8-12/h3-9,17H,1-2H3,(H,14,15)(H,16,18). The highest BCUT2D eigenvalue weighted by Gasteiger charge is 2.16. The normalized spacial score (nSPS) is 11.4. The van der Waals surface area contributed by atoms with Crippen LogP contribution < -0.4 is 10.0 Å². The maximum absolute atomic E-state index is 12.0. The van der Waals surface area contributed by atoms with E-state index in [0.717, 1.165) is 0 Å². The van der Waals surface area contributed by atoms with E-state index in [9.17, 15) is 13.2 Å². The second-order valence-electron chi connectivity index (χ2n) is 4.75. The number of carbonyl (C=O) groups excluding carboxylic acids is 1. The summed E-state index contributed by atoms with van der Waals surface area (Å²) in [4.78, 5) is 11.9. The zero-order valence-corrected chi connectivity index (χ0v) is 12.4. The van der Waals surface area contributed by atoms with Crippen molar-refractivity contribution >= 4 is 21.6 Å². The van der Waals surface area contributed by atoms with Crippen molar-refractivity contribution in [3.63, 3.8) is 0 Å². The van der Waals surface area contributed by atoms with Crippen molar-refractivity contribution in [1.82, 2.24) is 15.5 Å². The Morgan fingerprint density at radius 3 is 2.71 bits per heavy atom. The fourth-order valence-corrected chi connectivity index (χ4v) is 2.62. The molecule has 2 aromatic rings. The van der Waals surface area contributed by atoms with E-state index in [1.54, 1.807) is 18.2 Å². The molecule has 0 spiro atoms. The molecule has 0 aliphatic rings. The van der Waals surface area contributed by atoms with E-state index in [1.165, 1.54) is 18.5 Å². The van der Waals surface area contributed by atoms with Gasteiger partial charge in [-0.3, -0.25) is 14.6 Å². The molecule has 7 nitrogen and oxygen atoms in total. The topological polar surface area (TPSA) is 104 Å². The van der Waals surface area contributed by atoms with Gasteiger partial charge in [-0.15, -0.1) is 0 Å². The molecule has 0 saturated heterocycles. The fourth-order valence-electron chi connectivity index (χ4n) is 1.67. The van der Waals surface area contributed by atoms with Gasteiger partial charge in [0.1, 0.15) is 4.90 Å². The predicted octanol–water partition coefficient (Wildman–Crippen LogP) is 1.35. The Morgan fingerprint density at radius 1 is 1.33 bits per heavy atom. The minimum absolute atomic E-state index is 0.00350. The molecule has 0 radical (unpaired) electrons. The minimum Gasteiger partial charge on any atom is -0.350 e. The Labute approximate surface area is 122 Å². The number of nitrogens with zero attached hydrogens (tertiary/aromatic N) is 1. The van der Waals surface area contributed by atoms with Crippen LogP contribution in [0.4, 0.5) is 5.69 Å². The van der Waals surface area contributed by atoms with Crippen molar-refractivity contribution in [3.05, 3.63) is 42.2 Å². The fraction of sp³-hybridized carbons (Fsp3) is 0.231. The molecule has 0 aliphatic carbocycles. The van der Waals surface area contributed by atoms with Crippen molar-refractivity contribution in [1.29, 1.82) is 0 Å². The highest BCUT2D eigenvalue weighted by Crippen LogP contribution is 2.16. The van der Waals surface area contributed by atoms with Crippen LogP contribution in [0.15, 0.2) is 41.6 Å². The highest BCUT2D eigenvalue weighted by atomic mass is 32.2. The van der Waals surface area contributed by atoms with E-state index in [0.29, 0.717) is 11.3 Å². The first-order valence-electron chi connectivity index (χ1n) is 6.31. The molecule has 0 atom stereocenters. The number of rotatable bonds is 5. The molecule has 2 rings (SSSR count). The number of benzene rings is 1. The summed E-state index contributed by atoms with van der Waals surface area (Å²) in [5.74, 6) is -0.255. The quantitative estimate of drug-likeness (QED) is 0.775. The molecule has 21 heavy (non-hydrogen) atoms. The van der Waals surface area contributed by atoms with Crippen LogP contribution in [-0.2, 0) is 10.0 Å². The lowest BCUT2D eigenvalue weighted by Gasteiger charge is -2.10. The summed E-state index contributed by atoms with van der Waals surface area (Å²) in [6.45, 7) is 3.70. The van der Waals surface area contributed by atoms with E-state index >= 15 is 0 Å². The Balaban J connectivity index is 2.21. The van der Waals surface area contributed by atoms with Crippen LogP contribution in [0.5, 0.6) is 0 Å². The van der Waals surface area contributed by atoms with Crippen molar-refractivity contribution in [3.8, 4) is 0 Å². The third-order valence-corrected chi connectivity index (χ3v) is 3.93. The largest absolute Gasteiger partial charge is 0.350 e. The van der Waals surface area contributed by atoms with Crippen molar-refractivity contribution in [2.75, 3.05) is 4.72 Å². The number of hydrogen-bond donors (Lipinski definition) is 3. The molecule has 0 fully saturated rings. The molecule has 8 heteroatoms. The molecule has 0 aliphatic heterocycles. The average molecular weight is 308 g/mol. The van der Waals surface area contributed by atoms with Crippen LogP contribution in [0.3, 0.4) is 0 Å². The summed E-state index contributed by atoms with van der Waals surface area (Å²) < 4.78 is 26.5. The molecule has 1 aromatic carbocycles. The van der Waals surface area contributed by atoms with Gasteiger partial charge in [0.2, 0.25) is 0 Å². The average Bonchev–Trinajstić information content (AvgIpc) is 2.92. The van der Waals surface area contributed by atoms with Gasteiger partial charge in [-0.25, -0.2) is 8.42 Å². The summed E-state index contributed by atoms with van der Waals surface area (Å²) in [6.07, 6.45) is 2.48. The Kier molecular flexibility index (Phi) is 4.27. The van der Waals surface area contributed by atoms with E-state index in [2.05, 4.69) is 20.2 Å². The first-order valence-corrected chi connectivity index (χ1v) is 7.79. The second-order valence-corrected chi connectivity index (χ2v) is 6.43. The van der Waals surface area contributed by atoms with E-state index in [-0.39, 0.29) is 16.8 Å². The number of sulfonamides is 1. The van der Waals surface area contributed by atoms with E-state index in [4.69, 9.17) is 0 Å². The smallest absolute Gasteiger partial charge is 0.265 e. The maximum Gasteiger partial charge on any atom is 0.265 e.